The predicted molar refractivity (Wildman–Crippen MR) is 53.3 cm³/mol. The van der Waals surface area contributed by atoms with E-state index < -0.39 is 5.97 Å². The van der Waals surface area contributed by atoms with Crippen LogP contribution in [0.4, 0.5) is 0 Å². The van der Waals surface area contributed by atoms with Crippen LogP contribution in [0.1, 0.15) is 23.1 Å². The summed E-state index contributed by atoms with van der Waals surface area (Å²) in [5.41, 5.74) is 0.646. The molecule has 74 valence electrons. The molecule has 0 fully saturated rings. The summed E-state index contributed by atoms with van der Waals surface area (Å²) in [6, 6.07) is 3.15. The van der Waals surface area contributed by atoms with Gasteiger partial charge in [0.1, 0.15) is 5.69 Å². The number of rotatable bonds is 3. The molecule has 0 unspecified atom stereocenters. The quantitative estimate of drug-likeness (QED) is 0.837. The largest absolute Gasteiger partial charge is 0.481 e. The zero-order chi connectivity index (χ0) is 10.7. The van der Waals surface area contributed by atoms with Crippen molar-refractivity contribution in [3.05, 3.63) is 28.0 Å². The predicted octanol–water partition coefficient (Wildman–Crippen LogP) is 1.67. The first-order valence-corrected chi connectivity index (χ1v) is 4.67. The van der Waals surface area contributed by atoms with Crippen molar-refractivity contribution in [1.82, 2.24) is 4.98 Å². The number of halogens is 1. The van der Waals surface area contributed by atoms with Crippen molar-refractivity contribution in [2.75, 3.05) is 0 Å². The Morgan fingerprint density at radius 1 is 1.50 bits per heavy atom. The van der Waals surface area contributed by atoms with Crippen LogP contribution in [0.5, 0.6) is 0 Å². The molecule has 0 radical (unpaired) electrons. The van der Waals surface area contributed by atoms with E-state index >= 15 is 0 Å². The van der Waals surface area contributed by atoms with E-state index in [1.54, 1.807) is 12.1 Å². The zero-order valence-electron chi connectivity index (χ0n) is 7.45. The number of ketones is 1. The Morgan fingerprint density at radius 3 is 2.64 bits per heavy atom. The molecular formula is C9H8BrNO3. The summed E-state index contributed by atoms with van der Waals surface area (Å²) in [7, 11) is 0. The minimum absolute atomic E-state index is 0.181. The van der Waals surface area contributed by atoms with Crippen molar-refractivity contribution < 1.29 is 14.7 Å². The third-order valence-corrected chi connectivity index (χ3v) is 1.99. The summed E-state index contributed by atoms with van der Waals surface area (Å²) in [6.45, 7) is 1.39. The Balaban J connectivity index is 3.07. The molecule has 0 aliphatic heterocycles. The fraction of sp³-hybridized carbons (Fsp3) is 0.222. The van der Waals surface area contributed by atoms with Gasteiger partial charge in [-0.3, -0.25) is 9.59 Å². The highest BCUT2D eigenvalue weighted by atomic mass is 79.9. The smallest absolute Gasteiger partial charge is 0.309 e. The summed E-state index contributed by atoms with van der Waals surface area (Å²) in [5.74, 6) is -1.15. The number of carbonyl (C=O) groups is 2. The molecule has 1 aromatic rings. The molecule has 4 nitrogen and oxygen atoms in total. The van der Waals surface area contributed by atoms with E-state index in [1.165, 1.54) is 6.92 Å². The van der Waals surface area contributed by atoms with Gasteiger partial charge in [-0.05, 0) is 12.1 Å². The maximum Gasteiger partial charge on any atom is 0.309 e. The van der Waals surface area contributed by atoms with E-state index in [4.69, 9.17) is 5.11 Å². The van der Waals surface area contributed by atoms with Gasteiger partial charge in [0.2, 0.25) is 0 Å². The molecule has 0 spiro atoms. The lowest BCUT2D eigenvalue weighted by Crippen LogP contribution is -2.06. The van der Waals surface area contributed by atoms with Gasteiger partial charge < -0.3 is 5.11 Å². The molecule has 0 aliphatic rings. The first kappa shape index (κ1) is 10.8. The number of carbonyl (C=O) groups excluding carboxylic acids is 1. The topological polar surface area (TPSA) is 67.3 Å². The minimum Gasteiger partial charge on any atom is -0.481 e. The van der Waals surface area contributed by atoms with Crippen LogP contribution in [0.25, 0.3) is 0 Å². The van der Waals surface area contributed by atoms with Gasteiger partial charge in [0.15, 0.2) is 5.78 Å². The molecule has 5 heteroatoms. The molecular weight excluding hydrogens is 250 g/mol. The van der Waals surface area contributed by atoms with E-state index in [9.17, 15) is 9.59 Å². The average molecular weight is 258 g/mol. The van der Waals surface area contributed by atoms with Crippen LogP contribution >= 0.6 is 15.9 Å². The molecule has 1 aromatic heterocycles. The van der Waals surface area contributed by atoms with E-state index in [0.29, 0.717) is 10.2 Å². The van der Waals surface area contributed by atoms with Crippen molar-refractivity contribution in [3.63, 3.8) is 0 Å². The van der Waals surface area contributed by atoms with Crippen LogP contribution in [0, 0.1) is 0 Å². The van der Waals surface area contributed by atoms with Gasteiger partial charge in [-0.1, -0.05) is 15.9 Å². The second-order valence-electron chi connectivity index (χ2n) is 2.79. The lowest BCUT2D eigenvalue weighted by Gasteiger charge is -2.01. The van der Waals surface area contributed by atoms with Crippen LogP contribution in [0.3, 0.4) is 0 Å². The fourth-order valence-electron chi connectivity index (χ4n) is 0.977. The van der Waals surface area contributed by atoms with Crippen molar-refractivity contribution in [1.29, 1.82) is 0 Å². The van der Waals surface area contributed by atoms with Gasteiger partial charge in [0.05, 0.1) is 12.1 Å². The number of Topliss-reactive ketones (excluding diaryl/α,β-unsaturated/α-hetero) is 1. The van der Waals surface area contributed by atoms with Crippen molar-refractivity contribution in [2.24, 2.45) is 0 Å². The van der Waals surface area contributed by atoms with E-state index in [-0.39, 0.29) is 17.9 Å². The van der Waals surface area contributed by atoms with Crippen LogP contribution in [0.15, 0.2) is 16.6 Å². The molecule has 0 bridgehead atoms. The Bertz CT molecular complexity index is 390. The number of carboxylic acids is 1. The first-order chi connectivity index (χ1) is 6.49. The van der Waals surface area contributed by atoms with Crippen LogP contribution in [-0.4, -0.2) is 21.8 Å². The average Bonchev–Trinajstić information content (AvgIpc) is 2.01. The number of hydrogen-bond donors (Lipinski definition) is 1. The van der Waals surface area contributed by atoms with E-state index in [2.05, 4.69) is 20.9 Å². The van der Waals surface area contributed by atoms with Crippen LogP contribution in [-0.2, 0) is 11.2 Å². The number of carboxylic acid groups (broad SMARTS) is 1. The summed E-state index contributed by atoms with van der Waals surface area (Å²) in [5, 5.41) is 8.55. The Morgan fingerprint density at radius 2 is 2.14 bits per heavy atom. The molecule has 0 aromatic carbocycles. The second kappa shape index (κ2) is 4.32. The molecule has 1 N–H and O–H groups in total. The van der Waals surface area contributed by atoms with Gasteiger partial charge in [-0.25, -0.2) is 4.98 Å². The van der Waals surface area contributed by atoms with E-state index in [0.717, 1.165) is 0 Å². The molecule has 1 heterocycles. The maximum absolute atomic E-state index is 11.0. The third-order valence-electron chi connectivity index (χ3n) is 1.54. The lowest BCUT2D eigenvalue weighted by molar-refractivity contribution is -0.136. The Labute approximate surface area is 89.1 Å². The van der Waals surface area contributed by atoms with Crippen molar-refractivity contribution >= 4 is 27.7 Å². The van der Waals surface area contributed by atoms with Gasteiger partial charge in [-0.2, -0.15) is 0 Å². The number of aromatic nitrogens is 1. The minimum atomic E-state index is -0.967. The highest BCUT2D eigenvalue weighted by Crippen LogP contribution is 2.13. The molecule has 0 atom stereocenters. The van der Waals surface area contributed by atoms with Gasteiger partial charge in [0, 0.05) is 11.4 Å². The van der Waals surface area contributed by atoms with Gasteiger partial charge >= 0.3 is 5.97 Å². The van der Waals surface area contributed by atoms with Crippen molar-refractivity contribution in [3.8, 4) is 0 Å². The number of hydrogen-bond acceptors (Lipinski definition) is 3. The van der Waals surface area contributed by atoms with E-state index in [1.807, 2.05) is 0 Å². The third kappa shape index (κ3) is 2.92. The molecule has 0 saturated carbocycles. The first-order valence-electron chi connectivity index (χ1n) is 3.88. The highest BCUT2D eigenvalue weighted by molar-refractivity contribution is 9.10. The van der Waals surface area contributed by atoms with Crippen LogP contribution < -0.4 is 0 Å². The second-order valence-corrected chi connectivity index (χ2v) is 3.70. The summed E-state index contributed by atoms with van der Waals surface area (Å²) < 4.78 is 0.661. The number of nitrogens with zero attached hydrogens (tertiary/aromatic N) is 1. The van der Waals surface area contributed by atoms with Crippen molar-refractivity contribution in [2.45, 2.75) is 13.3 Å². The highest BCUT2D eigenvalue weighted by Gasteiger charge is 2.07. The lowest BCUT2D eigenvalue weighted by atomic mass is 10.2. The molecule has 0 amide bonds. The standard InChI is InChI=1S/C9H8BrNO3/c1-5(12)8-3-6(10)2-7(11-8)4-9(13)14/h2-3H,4H2,1H3,(H,13,14). The van der Waals surface area contributed by atoms with Gasteiger partial charge in [0.25, 0.3) is 0 Å². The van der Waals surface area contributed by atoms with Crippen LogP contribution in [0.2, 0.25) is 0 Å². The fourth-order valence-corrected chi connectivity index (χ4v) is 1.46. The maximum atomic E-state index is 11.0. The molecule has 0 saturated heterocycles. The molecule has 14 heavy (non-hydrogen) atoms. The number of pyridine rings is 1. The molecule has 1 rings (SSSR count). The SMILES string of the molecule is CC(=O)c1cc(Br)cc(CC(=O)O)n1. The summed E-state index contributed by atoms with van der Waals surface area (Å²) >= 11 is 3.19. The summed E-state index contributed by atoms with van der Waals surface area (Å²) in [4.78, 5) is 25.3. The zero-order valence-corrected chi connectivity index (χ0v) is 9.04. The van der Waals surface area contributed by atoms with Gasteiger partial charge in [-0.15, -0.1) is 0 Å². The Hall–Kier alpha value is -1.23. The Kier molecular flexibility index (Phi) is 3.35. The normalized spacial score (nSPS) is 9.86. The number of aliphatic carboxylic acids is 1. The monoisotopic (exact) mass is 257 g/mol. The molecule has 0 aliphatic carbocycles. The summed E-state index contributed by atoms with van der Waals surface area (Å²) in [6.07, 6.45) is -0.181.